The summed E-state index contributed by atoms with van der Waals surface area (Å²) >= 11 is 12.1. The minimum atomic E-state index is -0.427. The largest absolute Gasteiger partial charge is 0.489 e. The summed E-state index contributed by atoms with van der Waals surface area (Å²) in [4.78, 5) is 15.6. The van der Waals surface area contributed by atoms with Gasteiger partial charge in [0.25, 0.3) is 0 Å². The van der Waals surface area contributed by atoms with Gasteiger partial charge in [-0.05, 0) is 28.6 Å². The molecule has 2 aromatic carbocycles. The molecule has 0 aliphatic carbocycles. The molecule has 0 bridgehead atoms. The molecule has 0 atom stereocenters. The Bertz CT molecular complexity index is 1040. The summed E-state index contributed by atoms with van der Waals surface area (Å²) in [6.45, 7) is 7.37. The molecule has 0 aliphatic heterocycles. The lowest BCUT2D eigenvalue weighted by molar-refractivity contribution is 0.306. The number of ether oxygens (including phenoxy) is 1. The first-order valence-corrected chi connectivity index (χ1v) is 7.83. The third-order valence-corrected chi connectivity index (χ3v) is 4.01. The fourth-order valence-corrected chi connectivity index (χ4v) is 2.55. The molecular formula is C16H11Cl2N5O2. The van der Waals surface area contributed by atoms with Crippen LogP contribution < -0.4 is 10.4 Å². The Hall–Kier alpha value is -2.82. The first-order valence-electron chi connectivity index (χ1n) is 7.08. The monoisotopic (exact) mass is 375 g/mol. The second-order valence-corrected chi connectivity index (χ2v) is 5.89. The molecule has 25 heavy (non-hydrogen) atoms. The van der Waals surface area contributed by atoms with Crippen LogP contribution in [0.5, 0.6) is 5.75 Å². The summed E-state index contributed by atoms with van der Waals surface area (Å²) in [7, 11) is 1.49. The zero-order chi connectivity index (χ0) is 18.0. The van der Waals surface area contributed by atoms with Crippen molar-refractivity contribution in [2.24, 2.45) is 7.05 Å². The van der Waals surface area contributed by atoms with Gasteiger partial charge in [-0.3, -0.25) is 0 Å². The number of aryl methyl sites for hydroxylation is 1. The average molecular weight is 376 g/mol. The molecule has 3 rings (SSSR count). The Morgan fingerprint density at radius 1 is 1.24 bits per heavy atom. The summed E-state index contributed by atoms with van der Waals surface area (Å²) in [5.74, 6) is 0.381. The maximum Gasteiger partial charge on any atom is 0.368 e. The molecule has 7 nitrogen and oxygen atoms in total. The molecule has 0 fully saturated rings. The van der Waals surface area contributed by atoms with Gasteiger partial charge in [-0.2, -0.15) is 9.36 Å². The van der Waals surface area contributed by atoms with E-state index in [2.05, 4.69) is 15.3 Å². The van der Waals surface area contributed by atoms with Crippen molar-refractivity contribution in [1.82, 2.24) is 19.8 Å². The minimum absolute atomic E-state index is 0.0109. The van der Waals surface area contributed by atoms with Crippen molar-refractivity contribution in [2.45, 2.75) is 6.61 Å². The number of halogens is 2. The number of hydrogen-bond donors (Lipinski definition) is 0. The maximum atomic E-state index is 12.1. The van der Waals surface area contributed by atoms with Crippen LogP contribution in [0.25, 0.3) is 10.5 Å². The molecule has 3 aromatic rings. The van der Waals surface area contributed by atoms with Crippen molar-refractivity contribution in [2.75, 3.05) is 0 Å². The molecule has 1 heterocycles. The van der Waals surface area contributed by atoms with Gasteiger partial charge in [-0.25, -0.2) is 9.64 Å². The third-order valence-electron chi connectivity index (χ3n) is 3.46. The summed E-state index contributed by atoms with van der Waals surface area (Å²) in [6, 6.07) is 9.82. The molecule has 0 N–H and O–H groups in total. The van der Waals surface area contributed by atoms with E-state index in [1.807, 2.05) is 0 Å². The number of aromatic nitrogens is 4. The van der Waals surface area contributed by atoms with Crippen molar-refractivity contribution in [1.29, 1.82) is 0 Å². The predicted octanol–water partition coefficient (Wildman–Crippen LogP) is 3.40. The van der Waals surface area contributed by atoms with E-state index < -0.39 is 5.69 Å². The number of nitrogens with zero attached hydrogens (tertiary/aromatic N) is 5. The van der Waals surface area contributed by atoms with Gasteiger partial charge in [0, 0.05) is 23.7 Å². The van der Waals surface area contributed by atoms with Crippen LogP contribution in [0.1, 0.15) is 5.56 Å². The summed E-state index contributed by atoms with van der Waals surface area (Å²) in [5, 5.41) is 8.38. The number of benzene rings is 2. The topological polar surface area (TPSA) is 66.3 Å². The van der Waals surface area contributed by atoms with Crippen molar-refractivity contribution in [3.8, 4) is 11.4 Å². The molecule has 0 amide bonds. The average Bonchev–Trinajstić information content (AvgIpc) is 2.94. The first-order chi connectivity index (χ1) is 12.0. The molecule has 9 heteroatoms. The number of hydrogen-bond acceptors (Lipinski definition) is 4. The van der Waals surface area contributed by atoms with Crippen molar-refractivity contribution in [3.05, 3.63) is 73.9 Å². The molecule has 0 saturated carbocycles. The predicted molar refractivity (Wildman–Crippen MR) is 93.7 cm³/mol. The number of tetrazole rings is 1. The normalized spacial score (nSPS) is 10.5. The molecule has 0 aliphatic rings. The van der Waals surface area contributed by atoms with Gasteiger partial charge in [-0.15, -0.1) is 0 Å². The standard InChI is InChI=1S/C16H11Cl2N5O2/c1-19-13-4-3-5-14(23-16(24)22(2)20-21-23)11(13)9-25-15-8-10(17)6-7-12(15)18/h3-8H,9H2,2H3. The van der Waals surface area contributed by atoms with Gasteiger partial charge in [0.05, 0.1) is 17.3 Å². The molecule has 126 valence electrons. The lowest BCUT2D eigenvalue weighted by Gasteiger charge is -2.13. The van der Waals surface area contributed by atoms with Crippen LogP contribution in [0.15, 0.2) is 41.2 Å². The van der Waals surface area contributed by atoms with Crippen LogP contribution >= 0.6 is 23.2 Å². The van der Waals surface area contributed by atoms with Gasteiger partial charge in [0.2, 0.25) is 0 Å². The molecule has 0 radical (unpaired) electrons. The van der Waals surface area contributed by atoms with E-state index >= 15 is 0 Å². The van der Waals surface area contributed by atoms with Crippen LogP contribution in [-0.4, -0.2) is 19.8 Å². The third kappa shape index (κ3) is 3.36. The smallest absolute Gasteiger partial charge is 0.368 e. The van der Waals surface area contributed by atoms with Gasteiger partial charge in [0.15, 0.2) is 5.69 Å². The molecule has 0 unspecified atom stereocenters. The van der Waals surface area contributed by atoms with Crippen LogP contribution in [0, 0.1) is 6.57 Å². The van der Waals surface area contributed by atoms with Crippen LogP contribution in [0.4, 0.5) is 5.69 Å². The van der Waals surface area contributed by atoms with Gasteiger partial charge in [-0.1, -0.05) is 35.3 Å². The van der Waals surface area contributed by atoms with E-state index in [1.54, 1.807) is 36.4 Å². The van der Waals surface area contributed by atoms with E-state index in [4.69, 9.17) is 34.5 Å². The SMILES string of the molecule is [C-]#[N+]c1cccc(-n2nnn(C)c2=O)c1COc1cc(Cl)ccc1Cl. The highest BCUT2D eigenvalue weighted by atomic mass is 35.5. The maximum absolute atomic E-state index is 12.1. The quantitative estimate of drug-likeness (QED) is 0.655. The van der Waals surface area contributed by atoms with E-state index in [1.165, 1.54) is 7.05 Å². The van der Waals surface area contributed by atoms with Crippen LogP contribution in [0.2, 0.25) is 10.0 Å². The van der Waals surface area contributed by atoms with Gasteiger partial charge < -0.3 is 4.74 Å². The highest BCUT2D eigenvalue weighted by Gasteiger charge is 2.16. The van der Waals surface area contributed by atoms with Crippen molar-refractivity contribution < 1.29 is 4.74 Å². The highest BCUT2D eigenvalue weighted by Crippen LogP contribution is 2.31. The lowest BCUT2D eigenvalue weighted by Crippen LogP contribution is -2.23. The second kappa shape index (κ2) is 6.97. The van der Waals surface area contributed by atoms with E-state index in [9.17, 15) is 4.79 Å². The summed E-state index contributed by atoms with van der Waals surface area (Å²) in [6.07, 6.45) is 0. The lowest BCUT2D eigenvalue weighted by atomic mass is 10.1. The highest BCUT2D eigenvalue weighted by molar-refractivity contribution is 6.34. The Labute approximate surface area is 152 Å². The Morgan fingerprint density at radius 3 is 2.72 bits per heavy atom. The zero-order valence-electron chi connectivity index (χ0n) is 13.0. The molecule has 0 saturated heterocycles. The van der Waals surface area contributed by atoms with E-state index in [0.29, 0.717) is 32.7 Å². The first kappa shape index (κ1) is 17.0. The fraction of sp³-hybridized carbons (Fsp3) is 0.125. The molecule has 0 spiro atoms. The Morgan fingerprint density at radius 2 is 2.04 bits per heavy atom. The Kier molecular flexibility index (Phi) is 4.74. The van der Waals surface area contributed by atoms with E-state index in [-0.39, 0.29) is 6.61 Å². The molecular weight excluding hydrogens is 365 g/mol. The summed E-state index contributed by atoms with van der Waals surface area (Å²) < 4.78 is 7.94. The Balaban J connectivity index is 2.03. The zero-order valence-corrected chi connectivity index (χ0v) is 14.5. The molecule has 1 aromatic heterocycles. The van der Waals surface area contributed by atoms with Crippen molar-refractivity contribution in [3.63, 3.8) is 0 Å². The minimum Gasteiger partial charge on any atom is -0.489 e. The van der Waals surface area contributed by atoms with Crippen LogP contribution in [0.3, 0.4) is 0 Å². The summed E-state index contributed by atoms with van der Waals surface area (Å²) in [5.41, 5.74) is 0.832. The van der Waals surface area contributed by atoms with Crippen molar-refractivity contribution >= 4 is 28.9 Å². The fourth-order valence-electron chi connectivity index (χ4n) is 2.22. The van der Waals surface area contributed by atoms with E-state index in [0.717, 1.165) is 9.36 Å². The number of rotatable bonds is 4. The van der Waals surface area contributed by atoms with Gasteiger partial charge >= 0.3 is 5.69 Å². The van der Waals surface area contributed by atoms with Gasteiger partial charge in [0.1, 0.15) is 12.4 Å². The van der Waals surface area contributed by atoms with Crippen LogP contribution in [-0.2, 0) is 13.7 Å². The second-order valence-electron chi connectivity index (χ2n) is 5.05.